The maximum absolute atomic E-state index is 13.5. The molecule has 26 heavy (non-hydrogen) atoms. The number of amides is 3. The Hall–Kier alpha value is -3.48. The topological polar surface area (TPSA) is 87.3 Å². The number of hydrogen-bond donors (Lipinski definition) is 3. The molecule has 0 aliphatic carbocycles. The predicted octanol–water partition coefficient (Wildman–Crippen LogP) is 2.00. The largest absolute Gasteiger partial charge is 0.340 e. The molecule has 1 unspecified atom stereocenters. The smallest absolute Gasteiger partial charge is 0.248 e. The van der Waals surface area contributed by atoms with Gasteiger partial charge in [-0.3, -0.25) is 14.4 Å². The molecule has 7 heteroatoms. The highest BCUT2D eigenvalue weighted by Gasteiger charge is 2.26. The van der Waals surface area contributed by atoms with Crippen LogP contribution in [-0.4, -0.2) is 23.8 Å². The van der Waals surface area contributed by atoms with Crippen molar-refractivity contribution < 1.29 is 18.8 Å². The van der Waals surface area contributed by atoms with Crippen LogP contribution in [0, 0.1) is 5.82 Å². The Bertz CT molecular complexity index is 895. The molecule has 1 atom stereocenters. The van der Waals surface area contributed by atoms with Gasteiger partial charge in [0.05, 0.1) is 5.69 Å². The van der Waals surface area contributed by atoms with Crippen molar-refractivity contribution in [1.82, 2.24) is 5.32 Å². The van der Waals surface area contributed by atoms with Crippen LogP contribution in [0.15, 0.2) is 60.7 Å². The van der Waals surface area contributed by atoms with E-state index in [4.69, 9.17) is 0 Å². The number of benzene rings is 2. The fourth-order valence-corrected chi connectivity index (χ4v) is 2.58. The molecule has 2 aromatic rings. The Morgan fingerprint density at radius 3 is 2.54 bits per heavy atom. The Kier molecular flexibility index (Phi) is 5.07. The highest BCUT2D eigenvalue weighted by Crippen LogP contribution is 2.21. The van der Waals surface area contributed by atoms with Gasteiger partial charge in [-0.2, -0.15) is 0 Å². The Morgan fingerprint density at radius 2 is 1.73 bits per heavy atom. The average molecular weight is 353 g/mol. The minimum Gasteiger partial charge on any atom is -0.340 e. The maximum Gasteiger partial charge on any atom is 0.248 e. The minimum atomic E-state index is -0.725. The van der Waals surface area contributed by atoms with E-state index in [1.54, 1.807) is 12.1 Å². The highest BCUT2D eigenvalue weighted by molar-refractivity contribution is 6.05. The molecular weight excluding hydrogens is 337 g/mol. The molecule has 132 valence electrons. The Labute approximate surface area is 149 Å². The van der Waals surface area contributed by atoms with E-state index in [0.29, 0.717) is 6.42 Å². The van der Waals surface area contributed by atoms with E-state index in [9.17, 15) is 18.8 Å². The summed E-state index contributed by atoms with van der Waals surface area (Å²) in [5, 5.41) is 7.60. The highest BCUT2D eigenvalue weighted by atomic mass is 19.1. The summed E-state index contributed by atoms with van der Waals surface area (Å²) in [6, 6.07) is 12.3. The number of fused-ring (bicyclic) bond motifs is 1. The molecule has 0 saturated heterocycles. The van der Waals surface area contributed by atoms with Gasteiger partial charge in [0, 0.05) is 24.3 Å². The zero-order valence-corrected chi connectivity index (χ0v) is 13.7. The summed E-state index contributed by atoms with van der Waals surface area (Å²) in [5.41, 5.74) is 1.66. The molecule has 0 radical (unpaired) electrons. The van der Waals surface area contributed by atoms with Crippen LogP contribution in [0.25, 0.3) is 0 Å². The van der Waals surface area contributed by atoms with Crippen molar-refractivity contribution in [1.29, 1.82) is 0 Å². The summed E-state index contributed by atoms with van der Waals surface area (Å²) in [5.74, 6) is -2.13. The fourth-order valence-electron chi connectivity index (χ4n) is 2.58. The predicted molar refractivity (Wildman–Crippen MR) is 94.9 cm³/mol. The number of carbonyl (C=O) groups excluding carboxylic acids is 3. The van der Waals surface area contributed by atoms with Gasteiger partial charge >= 0.3 is 0 Å². The molecule has 1 aliphatic rings. The standard InChI is InChI=1S/C19H16FN3O3/c20-13-6-2-4-8-15(13)21-17(24)9-10-18(25)22-16-11-12-5-1-3-7-14(12)23-19(16)26/h1-10,16H,11H2,(H,21,24)(H,22,25)(H,23,26)/b10-9+. The van der Waals surface area contributed by atoms with Gasteiger partial charge in [-0.1, -0.05) is 30.3 Å². The molecule has 1 aliphatic heterocycles. The number of hydrogen-bond acceptors (Lipinski definition) is 3. The third kappa shape index (κ3) is 4.13. The second kappa shape index (κ2) is 7.60. The second-order valence-corrected chi connectivity index (χ2v) is 5.71. The molecule has 0 bridgehead atoms. The van der Waals surface area contributed by atoms with Crippen LogP contribution in [0.1, 0.15) is 5.56 Å². The van der Waals surface area contributed by atoms with Crippen LogP contribution in [0.5, 0.6) is 0 Å². The van der Waals surface area contributed by atoms with Gasteiger partial charge in [0.25, 0.3) is 0 Å². The average Bonchev–Trinajstić information content (AvgIpc) is 2.62. The number of nitrogens with one attached hydrogen (secondary N) is 3. The van der Waals surface area contributed by atoms with E-state index in [1.165, 1.54) is 18.2 Å². The monoisotopic (exact) mass is 353 g/mol. The third-order valence-corrected chi connectivity index (χ3v) is 3.85. The van der Waals surface area contributed by atoms with E-state index >= 15 is 0 Å². The maximum atomic E-state index is 13.5. The van der Waals surface area contributed by atoms with Crippen molar-refractivity contribution in [3.8, 4) is 0 Å². The minimum absolute atomic E-state index is 0.0193. The first-order chi connectivity index (χ1) is 12.5. The summed E-state index contributed by atoms with van der Waals surface area (Å²) in [6.07, 6.45) is 2.35. The number of anilines is 2. The Balaban J connectivity index is 1.57. The van der Waals surface area contributed by atoms with Crippen LogP contribution in [0.3, 0.4) is 0 Å². The van der Waals surface area contributed by atoms with Crippen molar-refractivity contribution in [3.63, 3.8) is 0 Å². The molecule has 3 N–H and O–H groups in total. The lowest BCUT2D eigenvalue weighted by molar-refractivity contribution is -0.124. The van der Waals surface area contributed by atoms with Crippen molar-refractivity contribution >= 4 is 29.1 Å². The fraction of sp³-hybridized carbons (Fsp3) is 0.105. The van der Waals surface area contributed by atoms with Gasteiger partial charge in [0.2, 0.25) is 17.7 Å². The first-order valence-corrected chi connectivity index (χ1v) is 7.96. The molecule has 6 nitrogen and oxygen atoms in total. The lowest BCUT2D eigenvalue weighted by Gasteiger charge is -2.24. The van der Waals surface area contributed by atoms with Crippen LogP contribution in [0.4, 0.5) is 15.8 Å². The van der Waals surface area contributed by atoms with E-state index < -0.39 is 23.7 Å². The quantitative estimate of drug-likeness (QED) is 0.735. The molecule has 2 aromatic carbocycles. The van der Waals surface area contributed by atoms with Crippen molar-refractivity contribution in [2.45, 2.75) is 12.5 Å². The van der Waals surface area contributed by atoms with E-state index in [0.717, 1.165) is 23.4 Å². The number of halogens is 1. The summed E-state index contributed by atoms with van der Waals surface area (Å²) >= 11 is 0. The van der Waals surface area contributed by atoms with Crippen LogP contribution in [0.2, 0.25) is 0 Å². The molecule has 1 heterocycles. The number of carbonyl (C=O) groups is 3. The Morgan fingerprint density at radius 1 is 1.04 bits per heavy atom. The molecule has 0 aromatic heterocycles. The summed E-state index contributed by atoms with van der Waals surface area (Å²) in [4.78, 5) is 35.8. The van der Waals surface area contributed by atoms with E-state index in [-0.39, 0.29) is 11.6 Å². The van der Waals surface area contributed by atoms with Gasteiger partial charge in [-0.05, 0) is 23.8 Å². The van der Waals surface area contributed by atoms with Crippen LogP contribution >= 0.6 is 0 Å². The van der Waals surface area contributed by atoms with Gasteiger partial charge < -0.3 is 16.0 Å². The van der Waals surface area contributed by atoms with Crippen molar-refractivity contribution in [2.24, 2.45) is 0 Å². The van der Waals surface area contributed by atoms with E-state index in [1.807, 2.05) is 18.2 Å². The first kappa shape index (κ1) is 17.3. The summed E-state index contributed by atoms with van der Waals surface area (Å²) < 4.78 is 13.5. The number of rotatable bonds is 4. The van der Waals surface area contributed by atoms with Crippen molar-refractivity contribution in [3.05, 3.63) is 72.1 Å². The zero-order chi connectivity index (χ0) is 18.5. The molecule has 0 saturated carbocycles. The molecule has 3 amide bonds. The first-order valence-electron chi connectivity index (χ1n) is 7.96. The lowest BCUT2D eigenvalue weighted by atomic mass is 9.99. The zero-order valence-electron chi connectivity index (χ0n) is 13.7. The third-order valence-electron chi connectivity index (χ3n) is 3.85. The van der Waals surface area contributed by atoms with Crippen LogP contribution in [-0.2, 0) is 20.8 Å². The molecule has 3 rings (SSSR count). The molecule has 0 fully saturated rings. The molecule has 0 spiro atoms. The number of para-hydroxylation sites is 2. The lowest BCUT2D eigenvalue weighted by Crippen LogP contribution is -2.47. The molecular formula is C19H16FN3O3. The summed E-state index contributed by atoms with van der Waals surface area (Å²) in [7, 11) is 0. The second-order valence-electron chi connectivity index (χ2n) is 5.71. The normalized spacial score (nSPS) is 15.9. The SMILES string of the molecule is O=C(/C=C/C(=O)NC1Cc2ccccc2NC1=O)Nc1ccccc1F. The van der Waals surface area contributed by atoms with Gasteiger partial charge in [0.15, 0.2) is 0 Å². The van der Waals surface area contributed by atoms with Crippen LogP contribution < -0.4 is 16.0 Å². The van der Waals surface area contributed by atoms with Gasteiger partial charge in [-0.25, -0.2) is 4.39 Å². The summed E-state index contributed by atoms with van der Waals surface area (Å²) in [6.45, 7) is 0. The van der Waals surface area contributed by atoms with Gasteiger partial charge in [-0.15, -0.1) is 0 Å². The van der Waals surface area contributed by atoms with E-state index in [2.05, 4.69) is 16.0 Å². The van der Waals surface area contributed by atoms with Crippen molar-refractivity contribution in [2.75, 3.05) is 10.6 Å². The van der Waals surface area contributed by atoms with Gasteiger partial charge in [0.1, 0.15) is 11.9 Å².